The van der Waals surface area contributed by atoms with Gasteiger partial charge < -0.3 is 9.15 Å². The zero-order chi connectivity index (χ0) is 21.3. The highest BCUT2D eigenvalue weighted by atomic mass is 32.2. The quantitative estimate of drug-likeness (QED) is 0.442. The molecule has 0 radical (unpaired) electrons. The molecule has 1 saturated heterocycles. The minimum Gasteiger partial charge on any atom is -0.452 e. The highest BCUT2D eigenvalue weighted by molar-refractivity contribution is 8.18. The molecule has 1 aliphatic rings. The van der Waals surface area contributed by atoms with Crippen molar-refractivity contribution in [3.05, 3.63) is 69.3 Å². The van der Waals surface area contributed by atoms with Crippen molar-refractivity contribution in [2.75, 3.05) is 0 Å². The van der Waals surface area contributed by atoms with E-state index in [9.17, 15) is 14.4 Å². The number of aromatic nitrogens is 1. The van der Waals surface area contributed by atoms with Crippen LogP contribution in [0, 0.1) is 6.92 Å². The number of thioether (sulfide) groups is 1. The van der Waals surface area contributed by atoms with Crippen LogP contribution in [0.2, 0.25) is 0 Å². The first kappa shape index (κ1) is 20.1. The molecule has 2 aromatic heterocycles. The molecule has 0 saturated carbocycles. The zero-order valence-corrected chi connectivity index (χ0v) is 17.6. The third kappa shape index (κ3) is 4.22. The van der Waals surface area contributed by atoms with Gasteiger partial charge in [-0.1, -0.05) is 12.1 Å². The van der Waals surface area contributed by atoms with E-state index in [1.807, 2.05) is 18.4 Å². The summed E-state index contributed by atoms with van der Waals surface area (Å²) < 4.78 is 11.0. The molecule has 7 nitrogen and oxygen atoms in total. The van der Waals surface area contributed by atoms with Gasteiger partial charge in [0.25, 0.3) is 11.1 Å². The number of carbonyl (C=O) groups is 3. The number of esters is 1. The summed E-state index contributed by atoms with van der Waals surface area (Å²) >= 11 is 2.38. The number of hydrogen-bond acceptors (Lipinski definition) is 8. The van der Waals surface area contributed by atoms with E-state index >= 15 is 0 Å². The third-order valence-corrected chi connectivity index (χ3v) is 6.18. The molecule has 2 amide bonds. The van der Waals surface area contributed by atoms with Crippen molar-refractivity contribution in [3.8, 4) is 10.8 Å². The second-order valence-corrected chi connectivity index (χ2v) is 8.46. The van der Waals surface area contributed by atoms with Gasteiger partial charge in [-0.3, -0.25) is 14.9 Å². The Balaban J connectivity index is 1.42. The van der Waals surface area contributed by atoms with Gasteiger partial charge >= 0.3 is 5.97 Å². The number of hydrogen-bond donors (Lipinski definition) is 1. The summed E-state index contributed by atoms with van der Waals surface area (Å²) in [6.07, 6.45) is 2.50. The Bertz CT molecular complexity index is 1160. The van der Waals surface area contributed by atoms with E-state index in [4.69, 9.17) is 9.15 Å². The fourth-order valence-electron chi connectivity index (χ4n) is 2.75. The SMILES string of the molecule is Cc1ccsc1-c1nc(C(C)OC(=O)c2ccc(/C=C3\SC(=O)NC3=O)cc2)co1. The van der Waals surface area contributed by atoms with Crippen LogP contribution in [0.4, 0.5) is 4.79 Å². The number of rotatable bonds is 5. The Kier molecular flexibility index (Phi) is 5.56. The number of nitrogens with zero attached hydrogens (tertiary/aromatic N) is 1. The van der Waals surface area contributed by atoms with Crippen molar-refractivity contribution in [1.29, 1.82) is 0 Å². The maximum atomic E-state index is 12.5. The second kappa shape index (κ2) is 8.29. The molecule has 30 heavy (non-hydrogen) atoms. The van der Waals surface area contributed by atoms with Gasteiger partial charge in [0.15, 0.2) is 0 Å². The Hall–Kier alpha value is -3.17. The number of benzene rings is 1. The predicted molar refractivity (Wildman–Crippen MR) is 114 cm³/mol. The molecule has 3 aromatic rings. The van der Waals surface area contributed by atoms with Crippen LogP contribution in [0.5, 0.6) is 0 Å². The van der Waals surface area contributed by atoms with Gasteiger partial charge in [-0.2, -0.15) is 0 Å². The highest BCUT2D eigenvalue weighted by Gasteiger charge is 2.25. The molecule has 0 aliphatic carbocycles. The van der Waals surface area contributed by atoms with Gasteiger partial charge in [-0.15, -0.1) is 11.3 Å². The monoisotopic (exact) mass is 440 g/mol. The van der Waals surface area contributed by atoms with Crippen LogP contribution in [-0.2, 0) is 9.53 Å². The lowest BCUT2D eigenvalue weighted by Gasteiger charge is -2.10. The molecular weight excluding hydrogens is 424 g/mol. The molecule has 1 aromatic carbocycles. The van der Waals surface area contributed by atoms with Gasteiger partial charge in [0.2, 0.25) is 5.89 Å². The topological polar surface area (TPSA) is 98.5 Å². The maximum Gasteiger partial charge on any atom is 0.338 e. The minimum atomic E-state index is -0.582. The smallest absolute Gasteiger partial charge is 0.338 e. The fourth-order valence-corrected chi connectivity index (χ4v) is 4.28. The first-order valence-electron chi connectivity index (χ1n) is 8.96. The van der Waals surface area contributed by atoms with Crippen molar-refractivity contribution in [2.45, 2.75) is 20.0 Å². The predicted octanol–water partition coefficient (Wildman–Crippen LogP) is 4.95. The average Bonchev–Trinajstić information content (AvgIpc) is 3.43. The molecule has 1 N–H and O–H groups in total. The second-order valence-electron chi connectivity index (χ2n) is 6.53. The Labute approximate surface area is 180 Å². The molecule has 1 fully saturated rings. The molecule has 0 spiro atoms. The van der Waals surface area contributed by atoms with E-state index in [0.717, 1.165) is 22.2 Å². The summed E-state index contributed by atoms with van der Waals surface area (Å²) in [6, 6.07) is 8.55. The number of imide groups is 1. The molecular formula is C21H16N2O5S2. The van der Waals surface area contributed by atoms with Gasteiger partial charge in [0, 0.05) is 0 Å². The number of aryl methyl sites for hydroxylation is 1. The molecule has 152 valence electrons. The summed E-state index contributed by atoms with van der Waals surface area (Å²) in [5.41, 5.74) is 2.66. The molecule has 0 bridgehead atoms. The lowest BCUT2D eigenvalue weighted by molar-refractivity contribution is -0.115. The Morgan fingerprint density at radius 1 is 1.23 bits per heavy atom. The van der Waals surface area contributed by atoms with Crippen LogP contribution in [0.3, 0.4) is 0 Å². The summed E-state index contributed by atoms with van der Waals surface area (Å²) in [5.74, 6) is -0.418. The van der Waals surface area contributed by atoms with Crippen LogP contribution >= 0.6 is 23.1 Å². The van der Waals surface area contributed by atoms with Crippen molar-refractivity contribution in [2.24, 2.45) is 0 Å². The van der Waals surface area contributed by atoms with E-state index in [1.54, 1.807) is 37.3 Å². The molecule has 4 rings (SSSR count). The first-order valence-corrected chi connectivity index (χ1v) is 10.7. The molecule has 1 atom stereocenters. The number of ether oxygens (including phenoxy) is 1. The molecule has 1 aliphatic heterocycles. The molecule has 3 heterocycles. The summed E-state index contributed by atoms with van der Waals surface area (Å²) in [5, 5.41) is 3.77. The largest absolute Gasteiger partial charge is 0.452 e. The van der Waals surface area contributed by atoms with Crippen molar-refractivity contribution in [1.82, 2.24) is 10.3 Å². The van der Waals surface area contributed by atoms with Gasteiger partial charge in [0.05, 0.1) is 15.3 Å². The third-order valence-electron chi connectivity index (χ3n) is 4.36. The number of nitrogens with one attached hydrogen (secondary N) is 1. The van der Waals surface area contributed by atoms with Crippen molar-refractivity contribution < 1.29 is 23.5 Å². The van der Waals surface area contributed by atoms with Crippen LogP contribution in [0.1, 0.15) is 40.2 Å². The van der Waals surface area contributed by atoms with Gasteiger partial charge in [-0.05, 0) is 66.4 Å². The molecule has 1 unspecified atom stereocenters. The van der Waals surface area contributed by atoms with E-state index in [-0.39, 0.29) is 0 Å². The lowest BCUT2D eigenvalue weighted by atomic mass is 10.1. The average molecular weight is 441 g/mol. The normalized spacial score (nSPS) is 16.0. The van der Waals surface area contributed by atoms with Gasteiger partial charge in [-0.25, -0.2) is 9.78 Å². The van der Waals surface area contributed by atoms with Crippen LogP contribution in [-0.4, -0.2) is 22.1 Å². The summed E-state index contributed by atoms with van der Waals surface area (Å²) in [6.45, 7) is 3.71. The minimum absolute atomic E-state index is 0.312. The Morgan fingerprint density at radius 3 is 2.63 bits per heavy atom. The maximum absolute atomic E-state index is 12.5. The Morgan fingerprint density at radius 2 is 2.00 bits per heavy atom. The van der Waals surface area contributed by atoms with E-state index in [0.29, 0.717) is 27.6 Å². The lowest BCUT2D eigenvalue weighted by Crippen LogP contribution is -2.17. The fraction of sp³-hybridized carbons (Fsp3) is 0.143. The van der Waals surface area contributed by atoms with Crippen LogP contribution in [0.25, 0.3) is 16.8 Å². The number of amides is 2. The highest BCUT2D eigenvalue weighted by Crippen LogP contribution is 2.30. The summed E-state index contributed by atoms with van der Waals surface area (Å²) in [7, 11) is 0. The van der Waals surface area contributed by atoms with E-state index in [2.05, 4.69) is 10.3 Å². The van der Waals surface area contributed by atoms with Crippen molar-refractivity contribution >= 4 is 46.3 Å². The number of oxazole rings is 1. The summed E-state index contributed by atoms with van der Waals surface area (Å²) in [4.78, 5) is 41.0. The van der Waals surface area contributed by atoms with Crippen molar-refractivity contribution in [3.63, 3.8) is 0 Å². The van der Waals surface area contributed by atoms with E-state index in [1.165, 1.54) is 17.6 Å². The van der Waals surface area contributed by atoms with Crippen LogP contribution < -0.4 is 5.32 Å². The molecule has 9 heteroatoms. The van der Waals surface area contributed by atoms with E-state index < -0.39 is 23.2 Å². The first-order chi connectivity index (χ1) is 14.4. The number of carbonyl (C=O) groups excluding carboxylic acids is 3. The van der Waals surface area contributed by atoms with Gasteiger partial charge in [0.1, 0.15) is 18.1 Å². The van der Waals surface area contributed by atoms with Crippen LogP contribution in [0.15, 0.2) is 51.3 Å². The zero-order valence-electron chi connectivity index (χ0n) is 16.0. The standard InChI is InChI=1S/C21H16N2O5S2/c1-11-7-8-29-17(11)19-22-15(10-27-19)12(2)28-20(25)14-5-3-13(4-6-14)9-16-18(24)23-21(26)30-16/h3-10,12H,1-2H3,(H,23,24,26)/b16-9-. The number of thiophene rings is 1.